The van der Waals surface area contributed by atoms with Crippen LogP contribution in [-0.4, -0.2) is 37.8 Å². The van der Waals surface area contributed by atoms with Crippen LogP contribution >= 0.6 is 15.9 Å². The molecule has 0 atom stereocenters. The van der Waals surface area contributed by atoms with E-state index in [1.165, 1.54) is 12.8 Å². The number of hydrogen-bond donors (Lipinski definition) is 2. The number of amidine groups is 1. The summed E-state index contributed by atoms with van der Waals surface area (Å²) < 4.78 is 20.1. The van der Waals surface area contributed by atoms with Gasteiger partial charge >= 0.3 is 0 Å². The van der Waals surface area contributed by atoms with Crippen molar-refractivity contribution in [1.82, 2.24) is 0 Å². The molecular weight excluding hydrogens is 341 g/mol. The average Bonchev–Trinajstić information content (AvgIpc) is 3.29. The van der Waals surface area contributed by atoms with Crippen LogP contribution in [0.4, 0.5) is 10.1 Å². The fraction of sp³-hybridized carbons (Fsp3) is 0.500. The second-order valence-corrected chi connectivity index (χ2v) is 5.98. The molecule has 5 nitrogen and oxygen atoms in total. The number of anilines is 1. The van der Waals surface area contributed by atoms with Gasteiger partial charge in [-0.15, -0.1) is 0 Å². The minimum Gasteiger partial charge on any atom is -0.409 e. The first-order valence-corrected chi connectivity index (χ1v) is 7.58. The lowest BCUT2D eigenvalue weighted by Crippen LogP contribution is -2.24. The van der Waals surface area contributed by atoms with Gasteiger partial charge in [-0.3, -0.25) is 0 Å². The molecule has 1 aromatic carbocycles. The summed E-state index contributed by atoms with van der Waals surface area (Å²) in [5, 5.41) is 11.6. The number of halogens is 2. The van der Waals surface area contributed by atoms with Crippen LogP contribution in [0.15, 0.2) is 21.8 Å². The smallest absolute Gasteiger partial charge is 0.171 e. The van der Waals surface area contributed by atoms with Crippen LogP contribution in [0.25, 0.3) is 0 Å². The minimum absolute atomic E-state index is 0.136. The highest BCUT2D eigenvalue weighted by Gasteiger charge is 2.21. The number of likely N-dealkylation sites (N-methyl/N-ethyl adjacent to an activating group) is 1. The van der Waals surface area contributed by atoms with Crippen LogP contribution in [0.1, 0.15) is 18.4 Å². The normalized spacial score (nSPS) is 15.3. The maximum atomic E-state index is 14.3. The largest absolute Gasteiger partial charge is 0.409 e. The third-order valence-electron chi connectivity index (χ3n) is 3.48. The molecule has 0 spiro atoms. The van der Waals surface area contributed by atoms with Gasteiger partial charge < -0.3 is 20.6 Å². The Morgan fingerprint density at radius 3 is 2.90 bits per heavy atom. The maximum Gasteiger partial charge on any atom is 0.171 e. The zero-order chi connectivity index (χ0) is 15.4. The minimum atomic E-state index is -0.441. The average molecular weight is 360 g/mol. The molecule has 7 heteroatoms. The third kappa shape index (κ3) is 4.07. The first-order chi connectivity index (χ1) is 10.0. The van der Waals surface area contributed by atoms with Crippen molar-refractivity contribution in [2.24, 2.45) is 16.8 Å². The molecule has 0 radical (unpaired) electrons. The van der Waals surface area contributed by atoms with Crippen molar-refractivity contribution in [1.29, 1.82) is 0 Å². The molecule has 21 heavy (non-hydrogen) atoms. The number of rotatable bonds is 7. The quantitative estimate of drug-likeness (QED) is 0.258. The molecule has 0 amide bonds. The summed E-state index contributed by atoms with van der Waals surface area (Å²) in [5.41, 5.74) is 6.25. The molecule has 3 N–H and O–H groups in total. The Labute approximate surface area is 131 Å². The Kier molecular flexibility index (Phi) is 5.41. The highest BCUT2D eigenvalue weighted by molar-refractivity contribution is 9.10. The Balaban J connectivity index is 1.99. The number of nitrogens with two attached hydrogens (primary N) is 1. The third-order valence-corrected chi connectivity index (χ3v) is 4.25. The highest BCUT2D eigenvalue weighted by Crippen LogP contribution is 2.30. The van der Waals surface area contributed by atoms with Crippen molar-refractivity contribution in [3.05, 3.63) is 28.0 Å². The molecule has 0 saturated heterocycles. The van der Waals surface area contributed by atoms with E-state index in [0.29, 0.717) is 24.4 Å². The summed E-state index contributed by atoms with van der Waals surface area (Å²) in [5.74, 6) is 0.146. The molecule has 1 aliphatic rings. The summed E-state index contributed by atoms with van der Waals surface area (Å²) in [7, 11) is 1.80. The molecule has 0 unspecified atom stereocenters. The molecule has 1 saturated carbocycles. The lowest BCUT2D eigenvalue weighted by Gasteiger charge is -2.21. The summed E-state index contributed by atoms with van der Waals surface area (Å²) in [6.07, 6.45) is 2.51. The lowest BCUT2D eigenvalue weighted by atomic mass is 10.1. The zero-order valence-electron chi connectivity index (χ0n) is 11.9. The molecule has 116 valence electrons. The highest BCUT2D eigenvalue weighted by atomic mass is 79.9. The van der Waals surface area contributed by atoms with Crippen molar-refractivity contribution >= 4 is 27.5 Å². The van der Waals surface area contributed by atoms with Gasteiger partial charge in [-0.05, 0) is 46.8 Å². The zero-order valence-corrected chi connectivity index (χ0v) is 13.4. The Morgan fingerprint density at radius 1 is 1.57 bits per heavy atom. The number of oxime groups is 1. The molecule has 1 aliphatic carbocycles. The van der Waals surface area contributed by atoms with Gasteiger partial charge in [0.05, 0.1) is 16.8 Å². The van der Waals surface area contributed by atoms with E-state index in [2.05, 4.69) is 21.1 Å². The molecule has 0 aromatic heterocycles. The molecule has 0 bridgehead atoms. The van der Waals surface area contributed by atoms with Crippen LogP contribution in [0, 0.1) is 11.7 Å². The number of benzene rings is 1. The summed E-state index contributed by atoms with van der Waals surface area (Å²) in [4.78, 5) is 1.78. The van der Waals surface area contributed by atoms with Gasteiger partial charge in [-0.25, -0.2) is 4.39 Å². The summed E-state index contributed by atoms with van der Waals surface area (Å²) in [6.45, 7) is 1.95. The Bertz CT molecular complexity index is 535. The van der Waals surface area contributed by atoms with Crippen molar-refractivity contribution in [2.45, 2.75) is 12.8 Å². The van der Waals surface area contributed by atoms with E-state index in [1.807, 2.05) is 0 Å². The number of ether oxygens (including phenoxy) is 1. The Morgan fingerprint density at radius 2 is 2.29 bits per heavy atom. The molecule has 2 rings (SSSR count). The van der Waals surface area contributed by atoms with Gasteiger partial charge in [0, 0.05) is 25.8 Å². The summed E-state index contributed by atoms with van der Waals surface area (Å²) >= 11 is 3.15. The molecule has 0 heterocycles. The van der Waals surface area contributed by atoms with Crippen LogP contribution in [0.3, 0.4) is 0 Å². The molecular formula is C14H19BrFN3O2. The monoisotopic (exact) mass is 359 g/mol. The number of hydrogen-bond acceptors (Lipinski definition) is 4. The van der Waals surface area contributed by atoms with Gasteiger partial charge in [0.15, 0.2) is 11.7 Å². The SMILES string of the molecule is CN(CCOCC1CC1)c1ccc(/C(N)=N/O)c(Br)c1F. The summed E-state index contributed by atoms with van der Waals surface area (Å²) in [6, 6.07) is 3.22. The van der Waals surface area contributed by atoms with E-state index < -0.39 is 5.82 Å². The van der Waals surface area contributed by atoms with E-state index >= 15 is 0 Å². The topological polar surface area (TPSA) is 71.1 Å². The van der Waals surface area contributed by atoms with Crippen molar-refractivity contribution < 1.29 is 14.3 Å². The molecule has 1 fully saturated rings. The first-order valence-electron chi connectivity index (χ1n) is 6.79. The van der Waals surface area contributed by atoms with Gasteiger partial charge in [-0.2, -0.15) is 0 Å². The predicted molar refractivity (Wildman–Crippen MR) is 83.4 cm³/mol. The van der Waals surface area contributed by atoms with Crippen molar-refractivity contribution in [3.8, 4) is 0 Å². The Hall–Kier alpha value is -1.34. The number of nitrogens with zero attached hydrogens (tertiary/aromatic N) is 2. The van der Waals surface area contributed by atoms with E-state index in [9.17, 15) is 4.39 Å². The van der Waals surface area contributed by atoms with Crippen molar-refractivity contribution in [3.63, 3.8) is 0 Å². The van der Waals surface area contributed by atoms with Crippen LogP contribution in [0.5, 0.6) is 0 Å². The fourth-order valence-electron chi connectivity index (χ4n) is 1.94. The van der Waals surface area contributed by atoms with Gasteiger partial charge in [0.2, 0.25) is 0 Å². The van der Waals surface area contributed by atoms with Gasteiger partial charge in [0.25, 0.3) is 0 Å². The second kappa shape index (κ2) is 7.09. The van der Waals surface area contributed by atoms with Gasteiger partial charge in [0.1, 0.15) is 0 Å². The van der Waals surface area contributed by atoms with E-state index in [4.69, 9.17) is 15.7 Å². The second-order valence-electron chi connectivity index (χ2n) is 5.19. The van der Waals surface area contributed by atoms with Crippen LogP contribution in [-0.2, 0) is 4.74 Å². The fourth-order valence-corrected chi connectivity index (χ4v) is 2.48. The molecule has 1 aromatic rings. The predicted octanol–water partition coefficient (Wildman–Crippen LogP) is 2.55. The van der Waals surface area contributed by atoms with E-state index in [-0.39, 0.29) is 10.3 Å². The first kappa shape index (κ1) is 16.0. The van der Waals surface area contributed by atoms with Crippen LogP contribution in [0.2, 0.25) is 0 Å². The standard InChI is InChI=1S/C14H19BrFN3O2/c1-19(6-7-21-8-9-2-3-9)11-5-4-10(14(17)18-20)12(15)13(11)16/h4-5,9,20H,2-3,6-8H2,1H3,(H2,17,18). The lowest BCUT2D eigenvalue weighted by molar-refractivity contribution is 0.131. The van der Waals surface area contributed by atoms with Crippen LogP contribution < -0.4 is 10.6 Å². The van der Waals surface area contributed by atoms with E-state index in [0.717, 1.165) is 12.5 Å². The van der Waals surface area contributed by atoms with Gasteiger partial charge in [-0.1, -0.05) is 5.16 Å². The molecule has 0 aliphatic heterocycles. The van der Waals surface area contributed by atoms with E-state index in [1.54, 1.807) is 24.1 Å². The van der Waals surface area contributed by atoms with Crippen molar-refractivity contribution in [2.75, 3.05) is 31.7 Å². The maximum absolute atomic E-state index is 14.3.